The summed E-state index contributed by atoms with van der Waals surface area (Å²) < 4.78 is 19.0. The molecule has 0 N–H and O–H groups in total. The molecule has 4 rings (SSSR count). The van der Waals surface area contributed by atoms with Crippen molar-refractivity contribution in [3.05, 3.63) is 94.9 Å². The number of hydrogen-bond donors (Lipinski definition) is 0. The average molecular weight is 433 g/mol. The van der Waals surface area contributed by atoms with E-state index in [4.69, 9.17) is 4.74 Å². The minimum Gasteiger partial charge on any atom is -0.476 e. The zero-order valence-corrected chi connectivity index (χ0v) is 18.5. The molecule has 166 valence electrons. The minimum atomic E-state index is -0.265. The number of hydrogen-bond acceptors (Lipinski definition) is 3. The number of rotatable bonds is 9. The SMILES string of the molecule is CC(c1ccc2c(c1)CCC2)N(CCOc1ccccn1)C(=O)CCc1ccc(F)cc1. The van der Waals surface area contributed by atoms with Crippen molar-refractivity contribution in [1.29, 1.82) is 0 Å². The molecule has 0 spiro atoms. The van der Waals surface area contributed by atoms with Gasteiger partial charge in [-0.1, -0.05) is 36.4 Å². The van der Waals surface area contributed by atoms with Crippen molar-refractivity contribution < 1.29 is 13.9 Å². The molecule has 1 heterocycles. The van der Waals surface area contributed by atoms with Gasteiger partial charge in [0.2, 0.25) is 11.8 Å². The first kappa shape index (κ1) is 22.0. The van der Waals surface area contributed by atoms with Crippen LogP contribution in [0, 0.1) is 5.82 Å². The first-order chi connectivity index (χ1) is 15.6. The third kappa shape index (κ3) is 5.52. The van der Waals surface area contributed by atoms with Crippen molar-refractivity contribution in [1.82, 2.24) is 9.88 Å². The van der Waals surface area contributed by atoms with Gasteiger partial charge >= 0.3 is 0 Å². The Balaban J connectivity index is 1.45. The number of fused-ring (bicyclic) bond motifs is 1. The monoisotopic (exact) mass is 432 g/mol. The standard InChI is InChI=1S/C27H29FN2O2/c1-20(23-12-11-22-5-4-6-24(22)19-23)30(17-18-32-26-7-2-3-16-29-26)27(31)15-10-21-8-13-25(28)14-9-21/h2-3,7-9,11-14,16,19-20H,4-6,10,15,17-18H2,1H3. The van der Waals surface area contributed by atoms with Crippen molar-refractivity contribution in [2.45, 2.75) is 45.1 Å². The van der Waals surface area contributed by atoms with Crippen LogP contribution < -0.4 is 4.74 Å². The number of carbonyl (C=O) groups excluding carboxylic acids is 1. The van der Waals surface area contributed by atoms with E-state index in [0.717, 1.165) is 24.0 Å². The number of pyridine rings is 1. The summed E-state index contributed by atoms with van der Waals surface area (Å²) in [5.41, 5.74) is 4.93. The van der Waals surface area contributed by atoms with E-state index in [9.17, 15) is 9.18 Å². The summed E-state index contributed by atoms with van der Waals surface area (Å²) >= 11 is 0. The quantitative estimate of drug-likeness (QED) is 0.460. The zero-order chi connectivity index (χ0) is 22.3. The maximum absolute atomic E-state index is 13.3. The summed E-state index contributed by atoms with van der Waals surface area (Å²) in [6.45, 7) is 2.92. The Morgan fingerprint density at radius 3 is 2.69 bits per heavy atom. The molecular formula is C27H29FN2O2. The highest BCUT2D eigenvalue weighted by Gasteiger charge is 2.23. The highest BCUT2D eigenvalue weighted by Crippen LogP contribution is 2.28. The first-order valence-electron chi connectivity index (χ1n) is 11.3. The number of amides is 1. The van der Waals surface area contributed by atoms with Crippen molar-refractivity contribution in [3.63, 3.8) is 0 Å². The van der Waals surface area contributed by atoms with Gasteiger partial charge in [-0.25, -0.2) is 9.37 Å². The van der Waals surface area contributed by atoms with Crippen LogP contribution in [-0.2, 0) is 24.1 Å². The highest BCUT2D eigenvalue weighted by molar-refractivity contribution is 5.77. The molecule has 3 aromatic rings. The van der Waals surface area contributed by atoms with E-state index in [0.29, 0.717) is 31.9 Å². The summed E-state index contributed by atoms with van der Waals surface area (Å²) in [7, 11) is 0. The van der Waals surface area contributed by atoms with E-state index in [1.54, 1.807) is 18.3 Å². The van der Waals surface area contributed by atoms with Crippen LogP contribution in [-0.4, -0.2) is 28.9 Å². The summed E-state index contributed by atoms with van der Waals surface area (Å²) in [5.74, 6) is 0.349. The lowest BCUT2D eigenvalue weighted by atomic mass is 10.0. The average Bonchev–Trinajstić information content (AvgIpc) is 3.29. The van der Waals surface area contributed by atoms with Gasteiger partial charge in [-0.15, -0.1) is 0 Å². The van der Waals surface area contributed by atoms with Crippen LogP contribution in [0.3, 0.4) is 0 Å². The molecule has 2 aromatic carbocycles. The zero-order valence-electron chi connectivity index (χ0n) is 18.5. The molecule has 1 atom stereocenters. The second kappa shape index (κ2) is 10.4. The van der Waals surface area contributed by atoms with Crippen molar-refractivity contribution in [2.24, 2.45) is 0 Å². The Morgan fingerprint density at radius 1 is 1.09 bits per heavy atom. The van der Waals surface area contributed by atoms with E-state index in [1.807, 2.05) is 23.1 Å². The van der Waals surface area contributed by atoms with Gasteiger partial charge < -0.3 is 9.64 Å². The summed E-state index contributed by atoms with van der Waals surface area (Å²) in [4.78, 5) is 19.3. The fraction of sp³-hybridized carbons (Fsp3) is 0.333. The van der Waals surface area contributed by atoms with Gasteiger partial charge in [-0.2, -0.15) is 0 Å². The second-order valence-electron chi connectivity index (χ2n) is 8.29. The maximum atomic E-state index is 13.3. The number of aryl methyl sites for hydroxylation is 3. The van der Waals surface area contributed by atoms with Gasteiger partial charge in [0.05, 0.1) is 12.6 Å². The van der Waals surface area contributed by atoms with Gasteiger partial charge in [0, 0.05) is 18.7 Å². The van der Waals surface area contributed by atoms with Crippen LogP contribution in [0.25, 0.3) is 0 Å². The molecule has 0 fully saturated rings. The summed E-state index contributed by atoms with van der Waals surface area (Å²) in [6, 6.07) is 18.4. The molecule has 0 aliphatic heterocycles. The van der Waals surface area contributed by atoms with E-state index in [-0.39, 0.29) is 17.8 Å². The lowest BCUT2D eigenvalue weighted by Crippen LogP contribution is -2.37. The molecule has 0 saturated heterocycles. The Bertz CT molecular complexity index is 1040. The summed E-state index contributed by atoms with van der Waals surface area (Å²) in [6.07, 6.45) is 6.08. The summed E-state index contributed by atoms with van der Waals surface area (Å²) in [5, 5.41) is 0. The molecule has 4 nitrogen and oxygen atoms in total. The smallest absolute Gasteiger partial charge is 0.223 e. The van der Waals surface area contributed by atoms with Gasteiger partial charge in [-0.05, 0) is 73.1 Å². The van der Waals surface area contributed by atoms with Crippen LogP contribution in [0.4, 0.5) is 4.39 Å². The van der Waals surface area contributed by atoms with Crippen LogP contribution in [0.1, 0.15) is 48.1 Å². The molecule has 1 amide bonds. The van der Waals surface area contributed by atoms with E-state index in [1.165, 1.54) is 29.7 Å². The molecular weight excluding hydrogens is 403 g/mol. The lowest BCUT2D eigenvalue weighted by molar-refractivity contribution is -0.133. The largest absolute Gasteiger partial charge is 0.476 e. The van der Waals surface area contributed by atoms with Gasteiger partial charge in [0.15, 0.2) is 0 Å². The minimum absolute atomic E-state index is 0.0612. The van der Waals surface area contributed by atoms with Crippen LogP contribution in [0.2, 0.25) is 0 Å². The number of halogens is 1. The van der Waals surface area contributed by atoms with Gasteiger partial charge in [0.1, 0.15) is 12.4 Å². The van der Waals surface area contributed by atoms with Crippen LogP contribution in [0.15, 0.2) is 66.9 Å². The van der Waals surface area contributed by atoms with Crippen LogP contribution in [0.5, 0.6) is 5.88 Å². The number of aromatic nitrogens is 1. The van der Waals surface area contributed by atoms with Crippen molar-refractivity contribution >= 4 is 5.91 Å². The fourth-order valence-electron chi connectivity index (χ4n) is 4.29. The Labute approximate surface area is 189 Å². The fourth-order valence-corrected chi connectivity index (χ4v) is 4.29. The lowest BCUT2D eigenvalue weighted by Gasteiger charge is -2.30. The molecule has 1 aliphatic rings. The predicted molar refractivity (Wildman–Crippen MR) is 123 cm³/mol. The molecule has 32 heavy (non-hydrogen) atoms. The van der Waals surface area contributed by atoms with E-state index in [2.05, 4.69) is 30.1 Å². The second-order valence-corrected chi connectivity index (χ2v) is 8.29. The normalized spacial score (nSPS) is 13.4. The molecule has 1 unspecified atom stereocenters. The van der Waals surface area contributed by atoms with Crippen molar-refractivity contribution in [3.8, 4) is 5.88 Å². The van der Waals surface area contributed by atoms with Crippen LogP contribution >= 0.6 is 0 Å². The molecule has 1 aliphatic carbocycles. The Kier molecular flexibility index (Phi) is 7.15. The molecule has 0 radical (unpaired) electrons. The molecule has 5 heteroatoms. The van der Waals surface area contributed by atoms with Gasteiger partial charge in [-0.3, -0.25) is 4.79 Å². The number of nitrogens with zero attached hydrogens (tertiary/aromatic N) is 2. The Morgan fingerprint density at radius 2 is 1.91 bits per heavy atom. The highest BCUT2D eigenvalue weighted by atomic mass is 19.1. The molecule has 0 bridgehead atoms. The Hall–Kier alpha value is -3.21. The third-order valence-electron chi connectivity index (χ3n) is 6.15. The predicted octanol–water partition coefficient (Wildman–Crippen LogP) is 5.31. The van der Waals surface area contributed by atoms with Gasteiger partial charge in [0.25, 0.3) is 0 Å². The number of benzene rings is 2. The number of carbonyl (C=O) groups is 1. The van der Waals surface area contributed by atoms with E-state index < -0.39 is 0 Å². The number of ether oxygens (including phenoxy) is 1. The first-order valence-corrected chi connectivity index (χ1v) is 11.3. The van der Waals surface area contributed by atoms with E-state index >= 15 is 0 Å². The topological polar surface area (TPSA) is 42.4 Å². The third-order valence-corrected chi connectivity index (χ3v) is 6.15. The molecule has 0 saturated carbocycles. The van der Waals surface area contributed by atoms with Crippen molar-refractivity contribution in [2.75, 3.05) is 13.2 Å². The molecule has 1 aromatic heterocycles. The maximum Gasteiger partial charge on any atom is 0.223 e.